The Morgan fingerprint density at radius 1 is 1.12 bits per heavy atom. The van der Waals surface area contributed by atoms with Crippen molar-refractivity contribution in [1.82, 2.24) is 0 Å². The fourth-order valence-electron chi connectivity index (χ4n) is 8.08. The molecule has 3 fully saturated rings. The van der Waals surface area contributed by atoms with Crippen molar-refractivity contribution in [3.63, 3.8) is 0 Å². The number of nitro benzene ring substituents is 2. The number of anilines is 1. The minimum absolute atomic E-state index is 0.0322. The molecule has 12 heteroatoms. The predicted octanol–water partition coefficient (Wildman–Crippen LogP) is 6.04. The zero-order valence-corrected chi connectivity index (χ0v) is 24.4. The number of nitro groups is 2. The van der Waals surface area contributed by atoms with Gasteiger partial charge in [-0.2, -0.15) is 5.10 Å². The maximum Gasteiger partial charge on any atom is 0.311 e. The zero-order chi connectivity index (χ0) is 30.2. The van der Waals surface area contributed by atoms with E-state index in [0.29, 0.717) is 25.9 Å². The Labute approximate surface area is 239 Å². The summed E-state index contributed by atoms with van der Waals surface area (Å²) in [5.41, 5.74) is 2.03. The first-order chi connectivity index (χ1) is 19.2. The Hall–Kier alpha value is -3.57. The molecule has 0 spiro atoms. The van der Waals surface area contributed by atoms with Gasteiger partial charge in [0, 0.05) is 24.6 Å². The van der Waals surface area contributed by atoms with Crippen LogP contribution in [0.4, 0.5) is 17.1 Å². The van der Waals surface area contributed by atoms with Gasteiger partial charge in [-0.05, 0) is 80.6 Å². The SMILES string of the molecule is COC(=O)C1(C)CCCC2(C)C3CCC(C)(CCOC(C)=O)CC3C(=NNc3ccc([N+](=O)[O-])cc3[N+](=O)[O-])CC12. The summed E-state index contributed by atoms with van der Waals surface area (Å²) in [7, 11) is 1.42. The molecule has 0 aromatic heterocycles. The molecule has 0 saturated heterocycles. The van der Waals surface area contributed by atoms with E-state index in [1.807, 2.05) is 6.92 Å². The van der Waals surface area contributed by atoms with E-state index < -0.39 is 20.9 Å². The second kappa shape index (κ2) is 11.4. The van der Waals surface area contributed by atoms with E-state index in [-0.39, 0.29) is 51.9 Å². The number of hydrazone groups is 1. The molecule has 3 aliphatic rings. The fourth-order valence-corrected chi connectivity index (χ4v) is 8.08. The number of hydrogen-bond acceptors (Lipinski definition) is 10. The molecule has 0 radical (unpaired) electrons. The smallest absolute Gasteiger partial charge is 0.311 e. The first-order valence-corrected chi connectivity index (χ1v) is 14.2. The molecule has 3 saturated carbocycles. The summed E-state index contributed by atoms with van der Waals surface area (Å²) in [6.45, 7) is 8.22. The van der Waals surface area contributed by atoms with E-state index in [2.05, 4.69) is 19.3 Å². The van der Waals surface area contributed by atoms with Crippen LogP contribution in [0, 0.1) is 54.2 Å². The second-order valence-corrected chi connectivity index (χ2v) is 12.8. The van der Waals surface area contributed by atoms with Crippen molar-refractivity contribution in [3.8, 4) is 0 Å². The van der Waals surface area contributed by atoms with E-state index in [1.54, 1.807) is 0 Å². The van der Waals surface area contributed by atoms with Gasteiger partial charge >= 0.3 is 17.6 Å². The largest absolute Gasteiger partial charge is 0.469 e. The summed E-state index contributed by atoms with van der Waals surface area (Å²) >= 11 is 0. The Morgan fingerprint density at radius 3 is 2.49 bits per heavy atom. The minimum atomic E-state index is -0.692. The van der Waals surface area contributed by atoms with Crippen molar-refractivity contribution in [3.05, 3.63) is 38.4 Å². The van der Waals surface area contributed by atoms with Gasteiger partial charge < -0.3 is 9.47 Å². The van der Waals surface area contributed by atoms with E-state index in [4.69, 9.17) is 14.6 Å². The van der Waals surface area contributed by atoms with Crippen molar-refractivity contribution in [2.75, 3.05) is 19.1 Å². The van der Waals surface area contributed by atoms with Crippen molar-refractivity contribution in [2.24, 2.45) is 39.1 Å². The molecule has 3 aliphatic carbocycles. The van der Waals surface area contributed by atoms with Crippen LogP contribution in [-0.2, 0) is 19.1 Å². The van der Waals surface area contributed by atoms with Gasteiger partial charge in [-0.15, -0.1) is 0 Å². The van der Waals surface area contributed by atoms with E-state index in [0.717, 1.165) is 43.9 Å². The van der Waals surface area contributed by atoms with Crippen LogP contribution in [0.25, 0.3) is 0 Å². The van der Waals surface area contributed by atoms with Crippen LogP contribution < -0.4 is 5.43 Å². The number of fused-ring (bicyclic) bond motifs is 3. The predicted molar refractivity (Wildman–Crippen MR) is 151 cm³/mol. The highest BCUT2D eigenvalue weighted by Gasteiger charge is 2.62. The van der Waals surface area contributed by atoms with Crippen molar-refractivity contribution < 1.29 is 28.9 Å². The van der Waals surface area contributed by atoms with Gasteiger partial charge in [-0.1, -0.05) is 20.3 Å². The molecule has 0 bridgehead atoms. The third-order valence-electron chi connectivity index (χ3n) is 10.3. The molecule has 1 aromatic carbocycles. The topological polar surface area (TPSA) is 163 Å². The lowest BCUT2D eigenvalue weighted by Crippen LogP contribution is -2.59. The van der Waals surface area contributed by atoms with Gasteiger partial charge in [0.1, 0.15) is 5.69 Å². The van der Waals surface area contributed by atoms with Gasteiger partial charge in [0.2, 0.25) is 0 Å². The highest BCUT2D eigenvalue weighted by atomic mass is 16.6. The van der Waals surface area contributed by atoms with Gasteiger partial charge in [0.25, 0.3) is 5.69 Å². The van der Waals surface area contributed by atoms with Crippen LogP contribution in [0.5, 0.6) is 0 Å². The summed E-state index contributed by atoms with van der Waals surface area (Å²) in [6.07, 6.45) is 6.53. The van der Waals surface area contributed by atoms with Gasteiger partial charge in [-0.3, -0.25) is 35.2 Å². The Morgan fingerprint density at radius 2 is 1.85 bits per heavy atom. The van der Waals surface area contributed by atoms with Crippen LogP contribution in [0.2, 0.25) is 0 Å². The highest BCUT2D eigenvalue weighted by molar-refractivity contribution is 5.91. The zero-order valence-electron chi connectivity index (χ0n) is 24.4. The minimum Gasteiger partial charge on any atom is -0.469 e. The average molecular weight is 573 g/mol. The number of esters is 2. The molecule has 0 aliphatic heterocycles. The van der Waals surface area contributed by atoms with E-state index in [9.17, 15) is 29.8 Å². The molecular formula is C29H40N4O8. The number of benzene rings is 1. The number of hydrogen-bond donors (Lipinski definition) is 1. The number of nitrogens with one attached hydrogen (secondary N) is 1. The third kappa shape index (κ3) is 5.78. The Balaban J connectivity index is 1.73. The van der Waals surface area contributed by atoms with Crippen LogP contribution in [0.1, 0.15) is 79.1 Å². The quantitative estimate of drug-likeness (QED) is 0.222. The summed E-state index contributed by atoms with van der Waals surface area (Å²) in [4.78, 5) is 46.1. The molecule has 6 atom stereocenters. The summed E-state index contributed by atoms with van der Waals surface area (Å²) in [5.74, 6) is -0.283. The molecule has 12 nitrogen and oxygen atoms in total. The normalized spacial score (nSPS) is 33.7. The summed E-state index contributed by atoms with van der Waals surface area (Å²) in [5, 5.41) is 27.7. The van der Waals surface area contributed by atoms with Gasteiger partial charge in [0.05, 0.1) is 35.0 Å². The third-order valence-corrected chi connectivity index (χ3v) is 10.3. The molecule has 1 aromatic rings. The number of methoxy groups -OCH3 is 1. The number of carbonyl (C=O) groups excluding carboxylic acids is 2. The first kappa shape index (κ1) is 30.4. The fraction of sp³-hybridized carbons (Fsp3) is 0.690. The lowest BCUT2D eigenvalue weighted by Gasteiger charge is -2.61. The number of nitrogens with zero attached hydrogens (tertiary/aromatic N) is 3. The maximum atomic E-state index is 13.2. The molecule has 4 rings (SSSR count). The lowest BCUT2D eigenvalue weighted by molar-refractivity contribution is -0.393. The molecule has 41 heavy (non-hydrogen) atoms. The van der Waals surface area contributed by atoms with E-state index >= 15 is 0 Å². The summed E-state index contributed by atoms with van der Waals surface area (Å²) in [6, 6.07) is 3.43. The molecule has 0 amide bonds. The molecule has 1 N–H and O–H groups in total. The van der Waals surface area contributed by atoms with Gasteiger partial charge in [-0.25, -0.2) is 0 Å². The van der Waals surface area contributed by atoms with Gasteiger partial charge in [0.15, 0.2) is 0 Å². The number of non-ortho nitro benzene ring substituents is 1. The van der Waals surface area contributed by atoms with Crippen LogP contribution in [0.3, 0.4) is 0 Å². The molecular weight excluding hydrogens is 532 g/mol. The Bertz CT molecular complexity index is 1270. The average Bonchev–Trinajstić information content (AvgIpc) is 2.91. The van der Waals surface area contributed by atoms with Crippen molar-refractivity contribution in [1.29, 1.82) is 0 Å². The van der Waals surface area contributed by atoms with Crippen LogP contribution >= 0.6 is 0 Å². The van der Waals surface area contributed by atoms with E-state index in [1.165, 1.54) is 26.2 Å². The summed E-state index contributed by atoms with van der Waals surface area (Å²) < 4.78 is 10.6. The second-order valence-electron chi connectivity index (χ2n) is 12.8. The molecule has 224 valence electrons. The first-order valence-electron chi connectivity index (χ1n) is 14.2. The standard InChI is InChI=1S/C29H40N4O8/c1-18(34)41-14-13-27(2)12-9-21-20(17-27)23(16-25-28(21,3)10-6-11-29(25,4)26(35)40-5)31-30-22-8-7-19(32(36)37)15-24(22)33(38)39/h7-8,15,20-21,25,30H,6,9-14,16-17H2,1-5H3. The Kier molecular flexibility index (Phi) is 8.42. The lowest BCUT2D eigenvalue weighted by atomic mass is 9.42. The monoisotopic (exact) mass is 572 g/mol. The highest BCUT2D eigenvalue weighted by Crippen LogP contribution is 2.65. The van der Waals surface area contributed by atoms with Crippen LogP contribution in [-0.4, -0.2) is 41.2 Å². The van der Waals surface area contributed by atoms with Crippen molar-refractivity contribution >= 4 is 34.7 Å². The maximum absolute atomic E-state index is 13.2. The van der Waals surface area contributed by atoms with Crippen LogP contribution in [0.15, 0.2) is 23.3 Å². The molecule has 0 heterocycles. The number of ether oxygens (including phenoxy) is 2. The number of carbonyl (C=O) groups is 2. The molecule has 6 unspecified atom stereocenters. The number of rotatable bonds is 8. The van der Waals surface area contributed by atoms with Crippen molar-refractivity contribution in [2.45, 2.75) is 79.1 Å².